The van der Waals surface area contributed by atoms with Gasteiger partial charge in [0, 0.05) is 12.6 Å². The average Bonchev–Trinajstić information content (AvgIpc) is 1.85. The quantitative estimate of drug-likeness (QED) is 0.621. The fraction of sp³-hybridized carbons (Fsp3) is 1.00. The van der Waals surface area contributed by atoms with Gasteiger partial charge < -0.3 is 10.1 Å². The summed E-state index contributed by atoms with van der Waals surface area (Å²) in [5.41, 5.74) is 0.00637. The molecule has 1 rings (SSSR count). The lowest BCUT2D eigenvalue weighted by molar-refractivity contribution is -0.0821. The Morgan fingerprint density at radius 3 is 2.45 bits per heavy atom. The molecule has 0 spiro atoms. The summed E-state index contributed by atoms with van der Waals surface area (Å²) in [7, 11) is 0. The third-order valence-electron chi connectivity index (χ3n) is 2.36. The third kappa shape index (κ3) is 1.94. The molecule has 1 fully saturated rings. The maximum Gasteiger partial charge on any atom is 0.0781 e. The number of ether oxygens (including phenoxy) is 1. The van der Waals surface area contributed by atoms with Crippen LogP contribution < -0.4 is 5.32 Å². The molecule has 1 aliphatic rings. The lowest BCUT2D eigenvalue weighted by Crippen LogP contribution is -2.57. The van der Waals surface area contributed by atoms with E-state index in [0.717, 1.165) is 13.2 Å². The molecular weight excluding hydrogens is 138 g/mol. The van der Waals surface area contributed by atoms with Crippen LogP contribution in [0, 0.1) is 5.92 Å². The van der Waals surface area contributed by atoms with Crippen molar-refractivity contribution in [1.29, 1.82) is 0 Å². The average molecular weight is 157 g/mol. The molecule has 1 atom stereocenters. The van der Waals surface area contributed by atoms with Crippen molar-refractivity contribution in [2.75, 3.05) is 13.2 Å². The zero-order chi connectivity index (χ0) is 8.48. The first-order valence-corrected chi connectivity index (χ1v) is 4.41. The topological polar surface area (TPSA) is 21.3 Å². The molecule has 0 aromatic carbocycles. The van der Waals surface area contributed by atoms with Gasteiger partial charge in [-0.05, 0) is 19.8 Å². The molecule has 1 saturated heterocycles. The Hall–Kier alpha value is -0.0800. The summed E-state index contributed by atoms with van der Waals surface area (Å²) in [4.78, 5) is 0. The molecule has 0 bridgehead atoms. The van der Waals surface area contributed by atoms with Gasteiger partial charge in [-0.25, -0.2) is 0 Å². The maximum absolute atomic E-state index is 5.68. The predicted octanol–water partition coefficient (Wildman–Crippen LogP) is 1.41. The Morgan fingerprint density at radius 1 is 1.45 bits per heavy atom. The molecule has 2 heteroatoms. The van der Waals surface area contributed by atoms with Crippen LogP contribution in [0.2, 0.25) is 0 Å². The summed E-state index contributed by atoms with van der Waals surface area (Å²) in [5.74, 6) is 0.644. The highest BCUT2D eigenvalue weighted by Gasteiger charge is 2.34. The smallest absolute Gasteiger partial charge is 0.0781 e. The van der Waals surface area contributed by atoms with E-state index in [2.05, 4.69) is 33.0 Å². The number of rotatable bonds is 1. The molecule has 1 aliphatic heterocycles. The molecule has 2 nitrogen and oxygen atoms in total. The Morgan fingerprint density at radius 2 is 2.09 bits per heavy atom. The van der Waals surface area contributed by atoms with Gasteiger partial charge in [-0.2, -0.15) is 0 Å². The van der Waals surface area contributed by atoms with Crippen LogP contribution in [0.3, 0.4) is 0 Å². The molecule has 0 radical (unpaired) electrons. The van der Waals surface area contributed by atoms with Gasteiger partial charge in [0.05, 0.1) is 12.2 Å². The number of nitrogens with one attached hydrogen (secondary N) is 1. The Balaban J connectivity index is 2.60. The normalized spacial score (nSPS) is 30.8. The number of hydrogen-bond acceptors (Lipinski definition) is 2. The SMILES string of the molecule is CC(C)C1NCCOC1(C)C. The molecule has 0 saturated carbocycles. The van der Waals surface area contributed by atoms with E-state index in [-0.39, 0.29) is 5.60 Å². The van der Waals surface area contributed by atoms with Gasteiger partial charge in [-0.3, -0.25) is 0 Å². The maximum atomic E-state index is 5.68. The summed E-state index contributed by atoms with van der Waals surface area (Å²) < 4.78 is 5.68. The van der Waals surface area contributed by atoms with Gasteiger partial charge in [0.15, 0.2) is 0 Å². The predicted molar refractivity (Wildman–Crippen MR) is 46.7 cm³/mol. The van der Waals surface area contributed by atoms with E-state index >= 15 is 0 Å². The second kappa shape index (κ2) is 3.11. The van der Waals surface area contributed by atoms with Crippen molar-refractivity contribution in [2.45, 2.75) is 39.3 Å². The largest absolute Gasteiger partial charge is 0.373 e. The Bertz CT molecular complexity index is 132. The highest BCUT2D eigenvalue weighted by molar-refractivity contribution is 4.90. The fourth-order valence-electron chi connectivity index (χ4n) is 1.90. The standard InChI is InChI=1S/C9H19NO/c1-7(2)8-9(3,4)11-6-5-10-8/h7-8,10H,5-6H2,1-4H3. The molecule has 0 aromatic heterocycles. The summed E-state index contributed by atoms with van der Waals surface area (Å²) in [6, 6.07) is 0.497. The zero-order valence-electron chi connectivity index (χ0n) is 7.98. The number of morpholine rings is 1. The lowest BCUT2D eigenvalue weighted by atomic mass is 9.88. The Kier molecular flexibility index (Phi) is 2.55. The molecule has 66 valence electrons. The van der Waals surface area contributed by atoms with Gasteiger partial charge in [-0.15, -0.1) is 0 Å². The molecule has 0 amide bonds. The van der Waals surface area contributed by atoms with Crippen molar-refractivity contribution in [2.24, 2.45) is 5.92 Å². The molecule has 1 heterocycles. The van der Waals surface area contributed by atoms with E-state index in [1.54, 1.807) is 0 Å². The third-order valence-corrected chi connectivity index (χ3v) is 2.36. The summed E-state index contributed by atoms with van der Waals surface area (Å²) in [6.07, 6.45) is 0. The molecule has 0 aliphatic carbocycles. The monoisotopic (exact) mass is 157 g/mol. The van der Waals surface area contributed by atoms with Gasteiger partial charge in [0.25, 0.3) is 0 Å². The summed E-state index contributed by atoms with van der Waals surface area (Å²) in [6.45, 7) is 10.6. The van der Waals surface area contributed by atoms with Crippen LogP contribution in [0.5, 0.6) is 0 Å². The Labute approximate surface area is 69.3 Å². The lowest BCUT2D eigenvalue weighted by Gasteiger charge is -2.41. The molecule has 1 unspecified atom stereocenters. The van der Waals surface area contributed by atoms with Gasteiger partial charge in [0.1, 0.15) is 0 Å². The highest BCUT2D eigenvalue weighted by atomic mass is 16.5. The van der Waals surface area contributed by atoms with E-state index in [4.69, 9.17) is 4.74 Å². The second-order valence-electron chi connectivity index (χ2n) is 4.13. The highest BCUT2D eigenvalue weighted by Crippen LogP contribution is 2.23. The summed E-state index contributed by atoms with van der Waals surface area (Å²) >= 11 is 0. The van der Waals surface area contributed by atoms with E-state index in [0.29, 0.717) is 12.0 Å². The molecule has 1 N–H and O–H groups in total. The van der Waals surface area contributed by atoms with E-state index in [9.17, 15) is 0 Å². The van der Waals surface area contributed by atoms with Crippen LogP contribution in [-0.2, 0) is 4.74 Å². The minimum atomic E-state index is 0.00637. The molecular formula is C9H19NO. The first-order valence-electron chi connectivity index (χ1n) is 4.41. The first-order chi connectivity index (χ1) is 5.04. The van der Waals surface area contributed by atoms with Crippen molar-refractivity contribution in [1.82, 2.24) is 5.32 Å². The van der Waals surface area contributed by atoms with E-state index < -0.39 is 0 Å². The zero-order valence-corrected chi connectivity index (χ0v) is 7.98. The van der Waals surface area contributed by atoms with Crippen molar-refractivity contribution < 1.29 is 4.74 Å². The van der Waals surface area contributed by atoms with Crippen molar-refractivity contribution in [3.05, 3.63) is 0 Å². The van der Waals surface area contributed by atoms with E-state index in [1.165, 1.54) is 0 Å². The van der Waals surface area contributed by atoms with Crippen LogP contribution >= 0.6 is 0 Å². The van der Waals surface area contributed by atoms with Crippen molar-refractivity contribution in [3.63, 3.8) is 0 Å². The fourth-order valence-corrected chi connectivity index (χ4v) is 1.90. The van der Waals surface area contributed by atoms with Crippen LogP contribution in [-0.4, -0.2) is 24.8 Å². The minimum Gasteiger partial charge on any atom is -0.373 e. The minimum absolute atomic E-state index is 0.00637. The first kappa shape index (κ1) is 9.01. The molecule has 0 aromatic rings. The van der Waals surface area contributed by atoms with Crippen molar-refractivity contribution in [3.8, 4) is 0 Å². The van der Waals surface area contributed by atoms with Crippen molar-refractivity contribution >= 4 is 0 Å². The van der Waals surface area contributed by atoms with Crippen LogP contribution in [0.1, 0.15) is 27.7 Å². The van der Waals surface area contributed by atoms with Gasteiger partial charge in [0.2, 0.25) is 0 Å². The van der Waals surface area contributed by atoms with E-state index in [1.807, 2.05) is 0 Å². The van der Waals surface area contributed by atoms with Gasteiger partial charge in [-0.1, -0.05) is 13.8 Å². The molecule has 11 heavy (non-hydrogen) atoms. The van der Waals surface area contributed by atoms with Crippen LogP contribution in [0.25, 0.3) is 0 Å². The second-order valence-corrected chi connectivity index (χ2v) is 4.13. The van der Waals surface area contributed by atoms with Crippen LogP contribution in [0.4, 0.5) is 0 Å². The summed E-state index contributed by atoms with van der Waals surface area (Å²) in [5, 5.41) is 3.48. The van der Waals surface area contributed by atoms with Gasteiger partial charge >= 0.3 is 0 Å². The number of hydrogen-bond donors (Lipinski definition) is 1. The van der Waals surface area contributed by atoms with Crippen LogP contribution in [0.15, 0.2) is 0 Å².